The monoisotopic (exact) mass is 271 g/mol. The molecule has 1 N–H and O–H groups in total. The Balaban J connectivity index is 1.83. The number of rotatable bonds is 6. The van der Waals surface area contributed by atoms with Crippen molar-refractivity contribution in [1.82, 2.24) is 5.32 Å². The van der Waals surface area contributed by atoms with Gasteiger partial charge in [0.25, 0.3) is 0 Å². The van der Waals surface area contributed by atoms with Crippen molar-refractivity contribution in [2.45, 2.75) is 38.8 Å². The van der Waals surface area contributed by atoms with Crippen molar-refractivity contribution < 1.29 is 4.39 Å². The van der Waals surface area contributed by atoms with E-state index in [0.29, 0.717) is 6.04 Å². The highest BCUT2D eigenvalue weighted by atomic mass is 19.1. The van der Waals surface area contributed by atoms with Crippen LogP contribution in [-0.2, 0) is 6.42 Å². The maximum atomic E-state index is 13.2. The van der Waals surface area contributed by atoms with E-state index in [1.165, 1.54) is 11.6 Å². The molecule has 2 heteroatoms. The highest BCUT2D eigenvalue weighted by Gasteiger charge is 2.10. The molecule has 0 spiro atoms. The molecule has 1 nitrogen and oxygen atoms in total. The number of hydrogen-bond acceptors (Lipinski definition) is 1. The summed E-state index contributed by atoms with van der Waals surface area (Å²) in [6.45, 7) is 4.26. The van der Waals surface area contributed by atoms with Crippen molar-refractivity contribution in [1.29, 1.82) is 0 Å². The second kappa shape index (κ2) is 7.20. The van der Waals surface area contributed by atoms with Crippen LogP contribution in [0, 0.1) is 5.82 Å². The fourth-order valence-corrected chi connectivity index (χ4v) is 2.41. The highest BCUT2D eigenvalue weighted by molar-refractivity contribution is 5.19. The van der Waals surface area contributed by atoms with E-state index in [9.17, 15) is 4.39 Å². The van der Waals surface area contributed by atoms with E-state index in [4.69, 9.17) is 0 Å². The molecule has 0 saturated carbocycles. The maximum Gasteiger partial charge on any atom is 0.123 e. The van der Waals surface area contributed by atoms with E-state index in [2.05, 4.69) is 43.4 Å². The Hall–Kier alpha value is -1.67. The number of benzene rings is 2. The molecule has 2 aromatic carbocycles. The molecular weight excluding hydrogens is 249 g/mol. The molecule has 0 aromatic heterocycles. The fourth-order valence-electron chi connectivity index (χ4n) is 2.41. The number of nitrogens with one attached hydrogen (secondary N) is 1. The third-order valence-corrected chi connectivity index (χ3v) is 3.59. The van der Waals surface area contributed by atoms with Gasteiger partial charge in [-0.1, -0.05) is 42.5 Å². The van der Waals surface area contributed by atoms with Gasteiger partial charge in [-0.25, -0.2) is 4.39 Å². The Morgan fingerprint density at radius 3 is 2.45 bits per heavy atom. The van der Waals surface area contributed by atoms with Crippen LogP contribution in [0.25, 0.3) is 0 Å². The van der Waals surface area contributed by atoms with Crippen molar-refractivity contribution in [3.63, 3.8) is 0 Å². The smallest absolute Gasteiger partial charge is 0.123 e. The van der Waals surface area contributed by atoms with Crippen LogP contribution in [0.3, 0.4) is 0 Å². The molecule has 0 saturated heterocycles. The van der Waals surface area contributed by atoms with E-state index in [1.807, 2.05) is 12.1 Å². The summed E-state index contributed by atoms with van der Waals surface area (Å²) in [6.07, 6.45) is 2.13. The molecule has 2 atom stereocenters. The van der Waals surface area contributed by atoms with Crippen molar-refractivity contribution in [2.75, 3.05) is 0 Å². The number of aryl methyl sites for hydroxylation is 1. The molecule has 106 valence electrons. The summed E-state index contributed by atoms with van der Waals surface area (Å²) in [4.78, 5) is 0. The zero-order valence-corrected chi connectivity index (χ0v) is 12.1. The van der Waals surface area contributed by atoms with Gasteiger partial charge in [-0.05, 0) is 49.9 Å². The van der Waals surface area contributed by atoms with Crippen molar-refractivity contribution in [3.05, 3.63) is 71.5 Å². The zero-order valence-electron chi connectivity index (χ0n) is 12.1. The predicted octanol–water partition coefficient (Wildman–Crippen LogP) is 4.50. The van der Waals surface area contributed by atoms with Gasteiger partial charge in [0.1, 0.15) is 5.82 Å². The maximum absolute atomic E-state index is 13.2. The quantitative estimate of drug-likeness (QED) is 0.815. The summed E-state index contributed by atoms with van der Waals surface area (Å²) < 4.78 is 13.2. The average molecular weight is 271 g/mol. The third-order valence-electron chi connectivity index (χ3n) is 3.59. The highest BCUT2D eigenvalue weighted by Crippen LogP contribution is 2.15. The lowest BCUT2D eigenvalue weighted by Gasteiger charge is -2.20. The van der Waals surface area contributed by atoms with Crippen LogP contribution in [-0.4, -0.2) is 6.04 Å². The first-order chi connectivity index (χ1) is 9.65. The summed E-state index contributed by atoms with van der Waals surface area (Å²) in [5.74, 6) is -0.173. The Labute approximate surface area is 120 Å². The van der Waals surface area contributed by atoms with E-state index in [-0.39, 0.29) is 11.9 Å². The molecule has 0 aliphatic rings. The van der Waals surface area contributed by atoms with Gasteiger partial charge in [0.2, 0.25) is 0 Å². The first kappa shape index (κ1) is 14.7. The van der Waals surface area contributed by atoms with Gasteiger partial charge in [-0.2, -0.15) is 0 Å². The number of hydrogen-bond donors (Lipinski definition) is 1. The normalized spacial score (nSPS) is 13.9. The van der Waals surface area contributed by atoms with Gasteiger partial charge in [0.15, 0.2) is 0 Å². The summed E-state index contributed by atoms with van der Waals surface area (Å²) in [7, 11) is 0. The van der Waals surface area contributed by atoms with Crippen LogP contribution in [0.2, 0.25) is 0 Å². The van der Waals surface area contributed by atoms with E-state index < -0.39 is 0 Å². The summed E-state index contributed by atoms with van der Waals surface area (Å²) >= 11 is 0. The molecule has 0 aliphatic carbocycles. The van der Waals surface area contributed by atoms with Crippen molar-refractivity contribution in [2.24, 2.45) is 0 Å². The van der Waals surface area contributed by atoms with E-state index in [1.54, 1.807) is 12.1 Å². The topological polar surface area (TPSA) is 12.0 Å². The van der Waals surface area contributed by atoms with Gasteiger partial charge < -0.3 is 5.32 Å². The molecule has 0 aliphatic heterocycles. The molecule has 2 rings (SSSR count). The molecule has 2 aromatic rings. The van der Waals surface area contributed by atoms with Crippen LogP contribution < -0.4 is 5.32 Å². The Morgan fingerprint density at radius 1 is 1.00 bits per heavy atom. The van der Waals surface area contributed by atoms with Crippen LogP contribution in [0.15, 0.2) is 54.6 Å². The lowest BCUT2D eigenvalue weighted by Crippen LogP contribution is -2.29. The minimum absolute atomic E-state index is 0.163. The van der Waals surface area contributed by atoms with Gasteiger partial charge >= 0.3 is 0 Å². The number of halogens is 1. The average Bonchev–Trinajstić information content (AvgIpc) is 2.46. The Morgan fingerprint density at radius 2 is 1.75 bits per heavy atom. The molecular formula is C18H22FN. The molecule has 0 heterocycles. The van der Waals surface area contributed by atoms with Crippen LogP contribution >= 0.6 is 0 Å². The standard InChI is InChI=1S/C18H22FN/c1-14(11-12-16-7-4-3-5-8-16)20-15(2)17-9-6-10-18(19)13-17/h3-10,13-15,20H,11-12H2,1-2H3. The predicted molar refractivity (Wildman–Crippen MR) is 82.2 cm³/mol. The largest absolute Gasteiger partial charge is 0.308 e. The lowest BCUT2D eigenvalue weighted by atomic mass is 10.0. The lowest BCUT2D eigenvalue weighted by molar-refractivity contribution is 0.455. The van der Waals surface area contributed by atoms with Crippen LogP contribution in [0.4, 0.5) is 4.39 Å². The molecule has 20 heavy (non-hydrogen) atoms. The van der Waals surface area contributed by atoms with Crippen molar-refractivity contribution >= 4 is 0 Å². The minimum Gasteiger partial charge on any atom is -0.308 e. The van der Waals surface area contributed by atoms with Gasteiger partial charge in [0.05, 0.1) is 0 Å². The third kappa shape index (κ3) is 4.46. The van der Waals surface area contributed by atoms with Gasteiger partial charge in [0, 0.05) is 12.1 Å². The molecule has 0 radical (unpaired) electrons. The second-order valence-corrected chi connectivity index (χ2v) is 5.37. The minimum atomic E-state index is -0.173. The molecule has 2 unspecified atom stereocenters. The van der Waals surface area contributed by atoms with Gasteiger partial charge in [-0.15, -0.1) is 0 Å². The summed E-state index contributed by atoms with van der Waals surface area (Å²) in [5, 5.41) is 3.53. The van der Waals surface area contributed by atoms with Crippen molar-refractivity contribution in [3.8, 4) is 0 Å². The van der Waals surface area contributed by atoms with E-state index in [0.717, 1.165) is 18.4 Å². The van der Waals surface area contributed by atoms with Crippen LogP contribution in [0.1, 0.15) is 37.4 Å². The molecule has 0 amide bonds. The molecule has 0 bridgehead atoms. The second-order valence-electron chi connectivity index (χ2n) is 5.37. The first-order valence-electron chi connectivity index (χ1n) is 7.20. The summed E-state index contributed by atoms with van der Waals surface area (Å²) in [6, 6.07) is 17.9. The Kier molecular flexibility index (Phi) is 5.31. The van der Waals surface area contributed by atoms with E-state index >= 15 is 0 Å². The first-order valence-corrected chi connectivity index (χ1v) is 7.20. The van der Waals surface area contributed by atoms with Gasteiger partial charge in [-0.3, -0.25) is 0 Å². The molecule has 0 fully saturated rings. The zero-order chi connectivity index (χ0) is 14.4. The Bertz CT molecular complexity index is 524. The van der Waals surface area contributed by atoms with Crippen LogP contribution in [0.5, 0.6) is 0 Å². The SMILES string of the molecule is CC(CCc1ccccc1)NC(C)c1cccc(F)c1. The fraction of sp³-hybridized carbons (Fsp3) is 0.333. The summed E-state index contributed by atoms with van der Waals surface area (Å²) in [5.41, 5.74) is 2.36.